The monoisotopic (exact) mass is 359 g/mol. The van der Waals surface area contributed by atoms with Crippen molar-refractivity contribution in [1.29, 1.82) is 0 Å². The van der Waals surface area contributed by atoms with Crippen molar-refractivity contribution in [2.75, 3.05) is 23.0 Å². The average Bonchev–Trinajstić information content (AvgIpc) is 2.98. The zero-order valence-corrected chi connectivity index (χ0v) is 16.0. The van der Waals surface area contributed by atoms with E-state index >= 15 is 0 Å². The van der Waals surface area contributed by atoms with Crippen LogP contribution in [0.2, 0.25) is 0 Å². The average molecular weight is 359 g/mol. The van der Waals surface area contributed by atoms with E-state index in [1.807, 2.05) is 44.2 Å². The number of aryl methyl sites for hydroxylation is 1. The van der Waals surface area contributed by atoms with Gasteiger partial charge in [-0.05, 0) is 69.0 Å². The number of amides is 1. The molecular weight excluding hydrogens is 334 g/mol. The fraction of sp³-hybridized carbons (Fsp3) is 0.304. The molecule has 0 spiro atoms. The lowest BCUT2D eigenvalue weighted by Gasteiger charge is -2.28. The van der Waals surface area contributed by atoms with Gasteiger partial charge in [-0.3, -0.25) is 4.79 Å². The lowest BCUT2D eigenvalue weighted by molar-refractivity contribution is -0.114. The number of nitrogens with zero attached hydrogens (tertiary/aromatic N) is 3. The van der Waals surface area contributed by atoms with Gasteiger partial charge in [-0.2, -0.15) is 10.1 Å². The van der Waals surface area contributed by atoms with Crippen LogP contribution in [0, 0.1) is 6.92 Å². The van der Waals surface area contributed by atoms with Crippen LogP contribution >= 0.6 is 0 Å². The van der Waals surface area contributed by atoms with Gasteiger partial charge in [0.25, 0.3) is 5.91 Å². The van der Waals surface area contributed by atoms with E-state index in [1.165, 1.54) is 30.0 Å². The van der Waals surface area contributed by atoms with Crippen molar-refractivity contribution in [1.82, 2.24) is 0 Å². The summed E-state index contributed by atoms with van der Waals surface area (Å²) in [6, 6.07) is 16.3. The number of hydrogen-bond donors (Lipinski definition) is 0. The molecule has 1 amide bonds. The number of hydrazone groups is 1. The summed E-state index contributed by atoms with van der Waals surface area (Å²) in [7, 11) is 0. The van der Waals surface area contributed by atoms with Gasteiger partial charge in [0.2, 0.25) is 0 Å². The van der Waals surface area contributed by atoms with Crippen molar-refractivity contribution >= 4 is 29.1 Å². The third-order valence-corrected chi connectivity index (χ3v) is 5.27. The van der Waals surface area contributed by atoms with Crippen molar-refractivity contribution in [3.63, 3.8) is 0 Å². The summed E-state index contributed by atoms with van der Waals surface area (Å²) in [4.78, 5) is 15.3. The maximum atomic E-state index is 12.9. The molecule has 1 fully saturated rings. The largest absolute Gasteiger partial charge is 0.372 e. The molecule has 2 heterocycles. The normalized spacial score (nSPS) is 19.0. The Morgan fingerprint density at radius 2 is 1.48 bits per heavy atom. The molecule has 4 rings (SSSR count). The molecule has 0 saturated carbocycles. The molecule has 0 aliphatic carbocycles. The third-order valence-electron chi connectivity index (χ3n) is 5.27. The first-order valence-corrected chi connectivity index (χ1v) is 9.65. The molecule has 1 saturated heterocycles. The minimum atomic E-state index is -0.0727. The Labute approximate surface area is 160 Å². The zero-order chi connectivity index (χ0) is 18.8. The van der Waals surface area contributed by atoms with Crippen molar-refractivity contribution in [2.45, 2.75) is 33.1 Å². The Balaban J connectivity index is 1.54. The second-order valence-electron chi connectivity index (χ2n) is 7.34. The van der Waals surface area contributed by atoms with Crippen LogP contribution in [0.4, 0.5) is 11.4 Å². The first kappa shape index (κ1) is 17.5. The number of piperidine rings is 1. The van der Waals surface area contributed by atoms with E-state index in [4.69, 9.17) is 0 Å². The summed E-state index contributed by atoms with van der Waals surface area (Å²) in [5.74, 6) is -0.0727. The Morgan fingerprint density at radius 3 is 2.15 bits per heavy atom. The van der Waals surface area contributed by atoms with Crippen LogP contribution in [0.5, 0.6) is 0 Å². The van der Waals surface area contributed by atoms with Gasteiger partial charge in [-0.25, -0.2) is 0 Å². The molecule has 138 valence electrons. The number of carbonyl (C=O) groups is 1. The summed E-state index contributed by atoms with van der Waals surface area (Å²) in [5, 5.41) is 5.95. The van der Waals surface area contributed by atoms with Crippen LogP contribution in [0.1, 0.15) is 37.3 Å². The molecule has 4 heteroatoms. The summed E-state index contributed by atoms with van der Waals surface area (Å²) < 4.78 is 0. The van der Waals surface area contributed by atoms with Gasteiger partial charge in [-0.1, -0.05) is 29.8 Å². The molecule has 4 nitrogen and oxygen atoms in total. The summed E-state index contributed by atoms with van der Waals surface area (Å²) in [6.45, 7) is 6.19. The maximum absolute atomic E-state index is 12.9. The van der Waals surface area contributed by atoms with Crippen LogP contribution in [0.15, 0.2) is 59.2 Å². The molecule has 2 aliphatic rings. The fourth-order valence-electron chi connectivity index (χ4n) is 3.65. The molecule has 0 unspecified atom stereocenters. The number of carbonyl (C=O) groups excluding carboxylic acids is 1. The highest BCUT2D eigenvalue weighted by Crippen LogP contribution is 2.26. The van der Waals surface area contributed by atoms with Gasteiger partial charge >= 0.3 is 0 Å². The molecule has 27 heavy (non-hydrogen) atoms. The van der Waals surface area contributed by atoms with Crippen molar-refractivity contribution in [2.24, 2.45) is 5.10 Å². The van der Waals surface area contributed by atoms with Crippen LogP contribution in [0.3, 0.4) is 0 Å². The van der Waals surface area contributed by atoms with E-state index < -0.39 is 0 Å². The highest BCUT2D eigenvalue weighted by molar-refractivity contribution is 6.32. The molecule has 0 bridgehead atoms. The number of hydrogen-bond acceptors (Lipinski definition) is 3. The van der Waals surface area contributed by atoms with E-state index in [9.17, 15) is 4.79 Å². The molecule has 2 aliphatic heterocycles. The summed E-state index contributed by atoms with van der Waals surface area (Å²) >= 11 is 0. The van der Waals surface area contributed by atoms with Crippen LogP contribution < -0.4 is 9.91 Å². The first-order valence-electron chi connectivity index (χ1n) is 9.65. The van der Waals surface area contributed by atoms with Crippen molar-refractivity contribution in [3.8, 4) is 0 Å². The summed E-state index contributed by atoms with van der Waals surface area (Å²) in [5.41, 5.74) is 5.66. The van der Waals surface area contributed by atoms with E-state index in [0.717, 1.165) is 35.6 Å². The maximum Gasteiger partial charge on any atom is 0.280 e. The van der Waals surface area contributed by atoms with E-state index in [0.29, 0.717) is 5.57 Å². The van der Waals surface area contributed by atoms with Crippen molar-refractivity contribution < 1.29 is 4.79 Å². The standard InChI is InChI=1S/C23H25N3O/c1-17-6-10-21(11-7-17)26-23(27)22(18(2)24-26)16-19-8-12-20(13-9-19)25-14-4-3-5-15-25/h6-13,16H,3-5,14-15H2,1-2H3/b22-16-. The minimum Gasteiger partial charge on any atom is -0.372 e. The Kier molecular flexibility index (Phi) is 4.80. The molecular formula is C23H25N3O. The number of rotatable bonds is 3. The predicted octanol–water partition coefficient (Wildman–Crippen LogP) is 4.79. The quantitative estimate of drug-likeness (QED) is 0.739. The fourth-order valence-corrected chi connectivity index (χ4v) is 3.65. The third kappa shape index (κ3) is 3.65. The zero-order valence-electron chi connectivity index (χ0n) is 16.0. The van der Waals surface area contributed by atoms with Gasteiger partial charge in [0.15, 0.2) is 0 Å². The van der Waals surface area contributed by atoms with Gasteiger partial charge < -0.3 is 4.90 Å². The van der Waals surface area contributed by atoms with Crippen LogP contribution in [-0.4, -0.2) is 24.7 Å². The van der Waals surface area contributed by atoms with Gasteiger partial charge in [0, 0.05) is 18.8 Å². The topological polar surface area (TPSA) is 35.9 Å². The molecule has 2 aromatic rings. The molecule has 0 atom stereocenters. The number of benzene rings is 2. The second kappa shape index (κ2) is 7.39. The molecule has 0 radical (unpaired) electrons. The highest BCUT2D eigenvalue weighted by Gasteiger charge is 2.28. The molecule has 2 aromatic carbocycles. The molecule has 0 aromatic heterocycles. The first-order chi connectivity index (χ1) is 13.1. The molecule has 0 N–H and O–H groups in total. The van der Waals surface area contributed by atoms with Crippen LogP contribution in [-0.2, 0) is 4.79 Å². The predicted molar refractivity (Wildman–Crippen MR) is 112 cm³/mol. The minimum absolute atomic E-state index is 0.0727. The SMILES string of the molecule is CC1=NN(c2ccc(C)cc2)C(=O)/C1=C\c1ccc(N2CCCCC2)cc1. The second-order valence-corrected chi connectivity index (χ2v) is 7.34. The smallest absolute Gasteiger partial charge is 0.280 e. The van der Waals surface area contributed by atoms with E-state index in [-0.39, 0.29) is 5.91 Å². The lowest BCUT2D eigenvalue weighted by atomic mass is 10.1. The van der Waals surface area contributed by atoms with Crippen molar-refractivity contribution in [3.05, 3.63) is 65.2 Å². The van der Waals surface area contributed by atoms with Gasteiger partial charge in [-0.15, -0.1) is 0 Å². The van der Waals surface area contributed by atoms with E-state index in [1.54, 1.807) is 0 Å². The lowest BCUT2D eigenvalue weighted by Crippen LogP contribution is -2.29. The van der Waals surface area contributed by atoms with E-state index in [2.05, 4.69) is 34.3 Å². The van der Waals surface area contributed by atoms with Crippen LogP contribution in [0.25, 0.3) is 6.08 Å². The van der Waals surface area contributed by atoms with Gasteiger partial charge in [0.1, 0.15) is 0 Å². The Bertz CT molecular complexity index is 888. The summed E-state index contributed by atoms with van der Waals surface area (Å²) in [6.07, 6.45) is 5.81. The highest BCUT2D eigenvalue weighted by atomic mass is 16.2. The Hall–Kier alpha value is -2.88. The number of anilines is 2. The Morgan fingerprint density at radius 1 is 0.852 bits per heavy atom. The van der Waals surface area contributed by atoms with Gasteiger partial charge in [0.05, 0.1) is 17.0 Å².